The molecule has 0 aliphatic rings. The van der Waals surface area contributed by atoms with Crippen molar-refractivity contribution in [3.63, 3.8) is 0 Å². The minimum Gasteiger partial charge on any atom is -0.496 e. The van der Waals surface area contributed by atoms with Gasteiger partial charge in [0.2, 0.25) is 0 Å². The number of carbonyl (C=O) groups excluding carboxylic acids is 1. The summed E-state index contributed by atoms with van der Waals surface area (Å²) in [5.41, 5.74) is 1.62. The lowest BCUT2D eigenvalue weighted by Gasteiger charge is -2.27. The van der Waals surface area contributed by atoms with Gasteiger partial charge in [-0.25, -0.2) is 0 Å². The number of rotatable bonds is 6. The Morgan fingerprint density at radius 2 is 2.11 bits per heavy atom. The minimum absolute atomic E-state index is 0.0262. The van der Waals surface area contributed by atoms with Gasteiger partial charge in [-0.3, -0.25) is 4.79 Å². The fourth-order valence-corrected chi connectivity index (χ4v) is 1.95. The van der Waals surface area contributed by atoms with E-state index in [1.54, 1.807) is 18.1 Å². The predicted octanol–water partition coefficient (Wildman–Crippen LogP) is 2.24. The molecule has 1 aromatic rings. The summed E-state index contributed by atoms with van der Waals surface area (Å²) < 4.78 is 5.25. The van der Waals surface area contributed by atoms with Gasteiger partial charge in [-0.15, -0.1) is 0 Å². The Labute approximate surface area is 115 Å². The largest absolute Gasteiger partial charge is 0.496 e. The van der Waals surface area contributed by atoms with Crippen LogP contribution in [0.4, 0.5) is 0 Å². The van der Waals surface area contributed by atoms with Gasteiger partial charge in [0, 0.05) is 24.8 Å². The number of methoxy groups -OCH3 is 1. The monoisotopic (exact) mass is 265 g/mol. The van der Waals surface area contributed by atoms with Crippen molar-refractivity contribution in [2.45, 2.75) is 33.2 Å². The van der Waals surface area contributed by atoms with Gasteiger partial charge < -0.3 is 14.7 Å². The molecule has 0 unspecified atom stereocenters. The third-order valence-corrected chi connectivity index (χ3v) is 3.10. The van der Waals surface area contributed by atoms with Gasteiger partial charge in [0.05, 0.1) is 7.11 Å². The number of ether oxygens (including phenoxy) is 1. The maximum atomic E-state index is 12.5. The van der Waals surface area contributed by atoms with E-state index < -0.39 is 0 Å². The van der Waals surface area contributed by atoms with Gasteiger partial charge in [-0.05, 0) is 44.9 Å². The highest BCUT2D eigenvalue weighted by Crippen LogP contribution is 2.20. The van der Waals surface area contributed by atoms with Crippen molar-refractivity contribution in [3.05, 3.63) is 29.3 Å². The van der Waals surface area contributed by atoms with Crippen molar-refractivity contribution in [2.24, 2.45) is 0 Å². The van der Waals surface area contributed by atoms with Crippen molar-refractivity contribution in [2.75, 3.05) is 20.3 Å². The number of carbonyl (C=O) groups is 1. The highest BCUT2D eigenvalue weighted by Gasteiger charge is 2.19. The molecule has 1 N–H and O–H groups in total. The molecule has 1 rings (SSSR count). The number of aliphatic hydroxyl groups is 1. The molecule has 106 valence electrons. The van der Waals surface area contributed by atoms with Crippen molar-refractivity contribution in [3.8, 4) is 5.75 Å². The highest BCUT2D eigenvalue weighted by molar-refractivity contribution is 5.95. The average molecular weight is 265 g/mol. The van der Waals surface area contributed by atoms with Gasteiger partial charge in [-0.1, -0.05) is 6.07 Å². The molecule has 19 heavy (non-hydrogen) atoms. The smallest absolute Gasteiger partial charge is 0.254 e. The molecule has 0 bridgehead atoms. The Kier molecular flexibility index (Phi) is 5.83. The van der Waals surface area contributed by atoms with Crippen molar-refractivity contribution in [1.29, 1.82) is 0 Å². The fourth-order valence-electron chi connectivity index (χ4n) is 1.95. The highest BCUT2D eigenvalue weighted by atomic mass is 16.5. The Hall–Kier alpha value is -1.55. The average Bonchev–Trinajstić information content (AvgIpc) is 2.39. The first-order valence-corrected chi connectivity index (χ1v) is 6.57. The Morgan fingerprint density at radius 1 is 1.42 bits per heavy atom. The SMILES string of the molecule is COc1cc(C(=O)N(CCCO)C(C)C)ccc1C. The van der Waals surface area contributed by atoms with Crippen LogP contribution < -0.4 is 4.74 Å². The lowest BCUT2D eigenvalue weighted by atomic mass is 10.1. The second-order valence-electron chi connectivity index (χ2n) is 4.85. The molecule has 0 radical (unpaired) electrons. The van der Waals surface area contributed by atoms with E-state index in [4.69, 9.17) is 9.84 Å². The topological polar surface area (TPSA) is 49.8 Å². The van der Waals surface area contributed by atoms with Crippen LogP contribution in [0.3, 0.4) is 0 Å². The zero-order chi connectivity index (χ0) is 14.4. The van der Waals surface area contributed by atoms with E-state index in [9.17, 15) is 4.79 Å². The number of hydrogen-bond donors (Lipinski definition) is 1. The van der Waals surface area contributed by atoms with Crippen LogP contribution in [0.5, 0.6) is 5.75 Å². The van der Waals surface area contributed by atoms with E-state index >= 15 is 0 Å². The molecule has 4 heteroatoms. The number of aryl methyl sites for hydroxylation is 1. The van der Waals surface area contributed by atoms with Crippen molar-refractivity contribution >= 4 is 5.91 Å². The second-order valence-corrected chi connectivity index (χ2v) is 4.85. The van der Waals surface area contributed by atoms with Crippen molar-refractivity contribution in [1.82, 2.24) is 4.90 Å². The maximum Gasteiger partial charge on any atom is 0.254 e. The molecule has 0 saturated carbocycles. The van der Waals surface area contributed by atoms with Gasteiger partial charge in [0.15, 0.2) is 0 Å². The number of nitrogens with zero attached hydrogens (tertiary/aromatic N) is 1. The molecule has 0 heterocycles. The number of aliphatic hydroxyl groups excluding tert-OH is 1. The summed E-state index contributed by atoms with van der Waals surface area (Å²) in [6, 6.07) is 5.57. The molecule has 0 spiro atoms. The molecule has 0 aliphatic heterocycles. The molecule has 1 aromatic carbocycles. The Bertz CT molecular complexity index is 429. The first kappa shape index (κ1) is 15.5. The molecule has 0 saturated heterocycles. The molecular weight excluding hydrogens is 242 g/mol. The maximum absolute atomic E-state index is 12.5. The van der Waals surface area contributed by atoms with E-state index in [0.29, 0.717) is 18.5 Å². The molecule has 0 atom stereocenters. The summed E-state index contributed by atoms with van der Waals surface area (Å²) in [7, 11) is 1.60. The minimum atomic E-state index is -0.0262. The lowest BCUT2D eigenvalue weighted by molar-refractivity contribution is 0.0692. The van der Waals surface area contributed by atoms with Crippen LogP contribution in [0, 0.1) is 6.92 Å². The fraction of sp³-hybridized carbons (Fsp3) is 0.533. The van der Waals surface area contributed by atoms with Gasteiger partial charge in [0.1, 0.15) is 5.75 Å². The van der Waals surface area contributed by atoms with E-state index in [2.05, 4.69) is 0 Å². The summed E-state index contributed by atoms with van der Waals surface area (Å²) in [4.78, 5) is 14.2. The normalized spacial score (nSPS) is 10.6. The Morgan fingerprint density at radius 3 is 2.63 bits per heavy atom. The first-order valence-electron chi connectivity index (χ1n) is 6.57. The molecule has 4 nitrogen and oxygen atoms in total. The molecular formula is C15H23NO3. The van der Waals surface area contributed by atoms with Gasteiger partial charge in [-0.2, -0.15) is 0 Å². The van der Waals surface area contributed by atoms with Gasteiger partial charge >= 0.3 is 0 Å². The van der Waals surface area contributed by atoms with E-state index in [0.717, 1.165) is 11.3 Å². The summed E-state index contributed by atoms with van der Waals surface area (Å²) in [5.74, 6) is 0.693. The van der Waals surface area contributed by atoms with Crippen LogP contribution in [0.1, 0.15) is 36.2 Å². The van der Waals surface area contributed by atoms with Crippen LogP contribution in [0.15, 0.2) is 18.2 Å². The molecule has 0 aliphatic carbocycles. The van der Waals surface area contributed by atoms with Crippen LogP contribution in [-0.4, -0.2) is 42.2 Å². The van der Waals surface area contributed by atoms with Crippen LogP contribution in [-0.2, 0) is 0 Å². The van der Waals surface area contributed by atoms with E-state index in [-0.39, 0.29) is 18.6 Å². The first-order chi connectivity index (χ1) is 9.01. The number of hydrogen-bond acceptors (Lipinski definition) is 3. The Balaban J connectivity index is 2.95. The third kappa shape index (κ3) is 3.96. The molecule has 1 amide bonds. The number of amides is 1. The van der Waals surface area contributed by atoms with Crippen LogP contribution in [0.2, 0.25) is 0 Å². The summed E-state index contributed by atoms with van der Waals surface area (Å²) in [5, 5.41) is 8.91. The van der Waals surface area contributed by atoms with Crippen molar-refractivity contribution < 1.29 is 14.6 Å². The summed E-state index contributed by atoms with van der Waals surface area (Å²) >= 11 is 0. The zero-order valence-electron chi connectivity index (χ0n) is 12.1. The van der Waals surface area contributed by atoms with Crippen LogP contribution in [0.25, 0.3) is 0 Å². The number of benzene rings is 1. The predicted molar refractivity (Wildman–Crippen MR) is 75.6 cm³/mol. The molecule has 0 fully saturated rings. The van der Waals surface area contributed by atoms with Gasteiger partial charge in [0.25, 0.3) is 5.91 Å². The summed E-state index contributed by atoms with van der Waals surface area (Å²) in [6.07, 6.45) is 0.590. The van der Waals surface area contributed by atoms with E-state index in [1.807, 2.05) is 32.9 Å². The quantitative estimate of drug-likeness (QED) is 0.858. The molecule has 0 aromatic heterocycles. The summed E-state index contributed by atoms with van der Waals surface area (Å²) in [6.45, 7) is 6.54. The second kappa shape index (κ2) is 7.14. The van der Waals surface area contributed by atoms with Crippen LogP contribution >= 0.6 is 0 Å². The van der Waals surface area contributed by atoms with E-state index in [1.165, 1.54) is 0 Å². The lowest BCUT2D eigenvalue weighted by Crippen LogP contribution is -2.38. The standard InChI is InChI=1S/C15H23NO3/c1-11(2)16(8-5-9-17)15(18)13-7-6-12(3)14(10-13)19-4/h6-7,10-11,17H,5,8-9H2,1-4H3. The third-order valence-electron chi connectivity index (χ3n) is 3.10. The zero-order valence-corrected chi connectivity index (χ0v) is 12.1.